The summed E-state index contributed by atoms with van der Waals surface area (Å²) in [6, 6.07) is 10.5. The molecule has 0 aliphatic carbocycles. The molecule has 0 radical (unpaired) electrons. The number of ether oxygens (including phenoxy) is 1. The Balaban J connectivity index is 2.24. The van der Waals surface area contributed by atoms with Crippen LogP contribution in [0.3, 0.4) is 0 Å². The summed E-state index contributed by atoms with van der Waals surface area (Å²) in [5, 5.41) is 3.46. The van der Waals surface area contributed by atoms with E-state index >= 15 is 0 Å². The summed E-state index contributed by atoms with van der Waals surface area (Å²) in [7, 11) is 1.61. The fraction of sp³-hybridized carbons (Fsp3) is 0.294. The van der Waals surface area contributed by atoms with E-state index in [1.54, 1.807) is 19.2 Å². The van der Waals surface area contributed by atoms with Crippen LogP contribution in [-0.4, -0.2) is 18.0 Å². The quantitative estimate of drug-likeness (QED) is 0.804. The number of carbonyl (C=O) groups is 1. The largest absolute Gasteiger partial charge is 0.497 e. The normalized spacial score (nSPS) is 12.1. The van der Waals surface area contributed by atoms with E-state index in [1.165, 1.54) is 0 Å². The third-order valence-electron chi connectivity index (χ3n) is 3.46. The van der Waals surface area contributed by atoms with Crippen LogP contribution in [0.25, 0.3) is 0 Å². The van der Waals surface area contributed by atoms with Crippen LogP contribution in [0.15, 0.2) is 36.4 Å². The van der Waals surface area contributed by atoms with Crippen molar-refractivity contribution in [3.8, 4) is 5.75 Å². The Hall–Kier alpha value is -1.78. The van der Waals surface area contributed by atoms with Gasteiger partial charge in [0, 0.05) is 0 Å². The lowest BCUT2D eigenvalue weighted by Gasteiger charge is -2.23. The van der Waals surface area contributed by atoms with Crippen LogP contribution in [0.1, 0.15) is 35.9 Å². The Morgan fingerprint density at radius 2 is 1.78 bits per heavy atom. The molecule has 1 heterocycles. The molecule has 122 valence electrons. The Bertz CT molecular complexity index is 687. The van der Waals surface area contributed by atoms with Gasteiger partial charge in [-0.05, 0) is 35.7 Å². The molecule has 6 heteroatoms. The summed E-state index contributed by atoms with van der Waals surface area (Å²) in [6.07, 6.45) is 0. The van der Waals surface area contributed by atoms with Crippen molar-refractivity contribution in [3.05, 3.63) is 57.8 Å². The maximum atomic E-state index is 12.5. The number of nitrogens with zero attached hydrogens (tertiary/aromatic N) is 1. The van der Waals surface area contributed by atoms with E-state index in [1.807, 2.05) is 38.1 Å². The minimum absolute atomic E-state index is 0.123. The fourth-order valence-corrected chi connectivity index (χ4v) is 2.57. The van der Waals surface area contributed by atoms with Gasteiger partial charge in [0.1, 0.15) is 16.6 Å². The summed E-state index contributed by atoms with van der Waals surface area (Å²) >= 11 is 11.9. The summed E-state index contributed by atoms with van der Waals surface area (Å²) in [5.74, 6) is 0.597. The molecule has 0 aliphatic rings. The van der Waals surface area contributed by atoms with Gasteiger partial charge < -0.3 is 10.1 Å². The monoisotopic (exact) mass is 352 g/mol. The SMILES string of the molecule is COc1ccc(C(NC(=O)c2nc(Cl)ccc2Cl)C(C)C)cc1. The molecule has 0 saturated carbocycles. The predicted molar refractivity (Wildman–Crippen MR) is 92.3 cm³/mol. The fourth-order valence-electron chi connectivity index (χ4n) is 2.23. The molecule has 0 bridgehead atoms. The first-order valence-electron chi connectivity index (χ1n) is 7.19. The second-order valence-corrected chi connectivity index (χ2v) is 6.23. The number of aromatic nitrogens is 1. The van der Waals surface area contributed by atoms with Gasteiger partial charge in [-0.1, -0.05) is 49.2 Å². The number of hydrogen-bond acceptors (Lipinski definition) is 3. The molecule has 1 aromatic heterocycles. The highest BCUT2D eigenvalue weighted by Gasteiger charge is 2.21. The van der Waals surface area contributed by atoms with E-state index < -0.39 is 0 Å². The number of halogens is 2. The third kappa shape index (κ3) is 4.36. The van der Waals surface area contributed by atoms with Crippen molar-refractivity contribution in [3.63, 3.8) is 0 Å². The molecular formula is C17H18Cl2N2O2. The van der Waals surface area contributed by atoms with E-state index in [0.717, 1.165) is 11.3 Å². The zero-order valence-corrected chi connectivity index (χ0v) is 14.7. The third-order valence-corrected chi connectivity index (χ3v) is 3.97. The van der Waals surface area contributed by atoms with Crippen LogP contribution in [0.2, 0.25) is 10.2 Å². The molecule has 23 heavy (non-hydrogen) atoms. The van der Waals surface area contributed by atoms with Gasteiger partial charge in [-0.25, -0.2) is 4.98 Å². The summed E-state index contributed by atoms with van der Waals surface area (Å²) in [4.78, 5) is 16.5. The first-order valence-corrected chi connectivity index (χ1v) is 7.95. The standard InChI is InChI=1S/C17H18Cl2N2O2/c1-10(2)15(11-4-6-12(23-3)7-5-11)21-17(22)16-13(18)8-9-14(19)20-16/h4-10,15H,1-3H3,(H,21,22). The van der Waals surface area contributed by atoms with Crippen molar-refractivity contribution in [2.75, 3.05) is 7.11 Å². The maximum Gasteiger partial charge on any atom is 0.271 e. The van der Waals surface area contributed by atoms with Crippen LogP contribution < -0.4 is 10.1 Å². The molecular weight excluding hydrogens is 335 g/mol. The molecule has 1 unspecified atom stereocenters. The van der Waals surface area contributed by atoms with Crippen molar-refractivity contribution in [2.45, 2.75) is 19.9 Å². The number of methoxy groups -OCH3 is 1. The van der Waals surface area contributed by atoms with Gasteiger partial charge in [0.25, 0.3) is 5.91 Å². The zero-order chi connectivity index (χ0) is 17.0. The van der Waals surface area contributed by atoms with E-state index in [0.29, 0.717) is 0 Å². The molecule has 0 spiro atoms. The Morgan fingerprint density at radius 3 is 2.35 bits per heavy atom. The van der Waals surface area contributed by atoms with E-state index in [9.17, 15) is 4.79 Å². The van der Waals surface area contributed by atoms with Gasteiger partial charge in [0.15, 0.2) is 0 Å². The molecule has 0 fully saturated rings. The van der Waals surface area contributed by atoms with E-state index in [-0.39, 0.29) is 33.7 Å². The number of amides is 1. The van der Waals surface area contributed by atoms with Crippen LogP contribution in [0, 0.1) is 5.92 Å². The second kappa shape index (κ2) is 7.66. The highest BCUT2D eigenvalue weighted by Crippen LogP contribution is 2.25. The van der Waals surface area contributed by atoms with Crippen molar-refractivity contribution < 1.29 is 9.53 Å². The van der Waals surface area contributed by atoms with E-state index in [2.05, 4.69) is 10.3 Å². The van der Waals surface area contributed by atoms with Crippen molar-refractivity contribution in [2.24, 2.45) is 5.92 Å². The number of pyridine rings is 1. The number of nitrogens with one attached hydrogen (secondary N) is 1. The van der Waals surface area contributed by atoms with Gasteiger partial charge >= 0.3 is 0 Å². The highest BCUT2D eigenvalue weighted by atomic mass is 35.5. The predicted octanol–water partition coefficient (Wildman–Crippen LogP) is 4.52. The summed E-state index contributed by atoms with van der Waals surface area (Å²) in [6.45, 7) is 4.06. The molecule has 1 amide bonds. The summed E-state index contributed by atoms with van der Waals surface area (Å²) < 4.78 is 5.16. The second-order valence-electron chi connectivity index (χ2n) is 5.43. The van der Waals surface area contributed by atoms with Gasteiger partial charge in [-0.2, -0.15) is 0 Å². The van der Waals surface area contributed by atoms with Crippen LogP contribution in [0.4, 0.5) is 0 Å². The average molecular weight is 353 g/mol. The van der Waals surface area contributed by atoms with Gasteiger partial charge in [-0.3, -0.25) is 4.79 Å². The number of benzene rings is 1. The molecule has 4 nitrogen and oxygen atoms in total. The maximum absolute atomic E-state index is 12.5. The molecule has 1 aromatic carbocycles. The van der Waals surface area contributed by atoms with Crippen molar-refractivity contribution in [1.29, 1.82) is 0 Å². The van der Waals surface area contributed by atoms with Crippen molar-refractivity contribution in [1.82, 2.24) is 10.3 Å². The number of hydrogen-bond donors (Lipinski definition) is 1. The highest BCUT2D eigenvalue weighted by molar-refractivity contribution is 6.34. The van der Waals surface area contributed by atoms with Crippen LogP contribution >= 0.6 is 23.2 Å². The number of rotatable bonds is 5. The Labute approximate surface area is 145 Å². The van der Waals surface area contributed by atoms with Gasteiger partial charge in [0.05, 0.1) is 18.2 Å². The van der Waals surface area contributed by atoms with Crippen LogP contribution in [-0.2, 0) is 0 Å². The lowest BCUT2D eigenvalue weighted by molar-refractivity contribution is 0.0920. The first-order chi connectivity index (χ1) is 10.9. The average Bonchev–Trinajstić information content (AvgIpc) is 2.54. The topological polar surface area (TPSA) is 51.2 Å². The molecule has 2 aromatic rings. The lowest BCUT2D eigenvalue weighted by atomic mass is 9.95. The zero-order valence-electron chi connectivity index (χ0n) is 13.1. The van der Waals surface area contributed by atoms with Gasteiger partial charge in [-0.15, -0.1) is 0 Å². The van der Waals surface area contributed by atoms with Gasteiger partial charge in [0.2, 0.25) is 0 Å². The molecule has 2 rings (SSSR count). The van der Waals surface area contributed by atoms with Crippen molar-refractivity contribution >= 4 is 29.1 Å². The summed E-state index contributed by atoms with van der Waals surface area (Å²) in [5.41, 5.74) is 1.10. The minimum atomic E-state index is -0.355. The minimum Gasteiger partial charge on any atom is -0.497 e. The smallest absolute Gasteiger partial charge is 0.271 e. The Kier molecular flexibility index (Phi) is 5.85. The van der Waals surface area contributed by atoms with Crippen LogP contribution in [0.5, 0.6) is 5.75 Å². The molecule has 0 saturated heterocycles. The lowest BCUT2D eigenvalue weighted by Crippen LogP contribution is -2.32. The molecule has 0 aliphatic heterocycles. The van der Waals surface area contributed by atoms with E-state index in [4.69, 9.17) is 27.9 Å². The molecule has 1 N–H and O–H groups in total. The number of carbonyl (C=O) groups excluding carboxylic acids is 1. The first kappa shape index (κ1) is 17.6. The molecule has 1 atom stereocenters. The Morgan fingerprint density at radius 1 is 1.13 bits per heavy atom.